The zero-order valence-electron chi connectivity index (χ0n) is 17.5. The number of nitrogens with two attached hydrogens (primary N) is 1. The predicted octanol–water partition coefficient (Wildman–Crippen LogP) is 3.83. The van der Waals surface area contributed by atoms with Crippen LogP contribution in [0.3, 0.4) is 0 Å². The lowest BCUT2D eigenvalue weighted by Crippen LogP contribution is -2.46. The Morgan fingerprint density at radius 3 is 2.62 bits per heavy atom. The third kappa shape index (κ3) is 3.57. The number of benzene rings is 1. The highest BCUT2D eigenvalue weighted by molar-refractivity contribution is 5.69. The van der Waals surface area contributed by atoms with Crippen LogP contribution in [-0.4, -0.2) is 24.6 Å². The number of carbonyl (C=O) groups is 2. The molecular weight excluding hydrogens is 370 g/mol. The second-order valence-electron chi connectivity index (χ2n) is 9.25. The van der Waals surface area contributed by atoms with Gasteiger partial charge in [-0.2, -0.15) is 0 Å². The maximum atomic E-state index is 11.6. The van der Waals surface area contributed by atoms with E-state index in [1.165, 1.54) is 25.0 Å². The van der Waals surface area contributed by atoms with Crippen molar-refractivity contribution >= 4 is 11.9 Å². The number of esters is 2. The topological polar surface area (TPSA) is 87.8 Å². The summed E-state index contributed by atoms with van der Waals surface area (Å²) < 4.78 is 11.0. The zero-order chi connectivity index (χ0) is 20.8. The number of hydrogen-bond donors (Lipinski definition) is 1. The van der Waals surface area contributed by atoms with Gasteiger partial charge in [0.2, 0.25) is 0 Å². The van der Waals surface area contributed by atoms with Crippen LogP contribution in [0, 0.1) is 17.3 Å². The summed E-state index contributed by atoms with van der Waals surface area (Å²) in [5.41, 5.74) is 2.56. The summed E-state index contributed by atoms with van der Waals surface area (Å²) >= 11 is 0. The smallest absolute Gasteiger partial charge is 0.308 e. The summed E-state index contributed by atoms with van der Waals surface area (Å²) in [6, 6.07) is 6.00. The first-order valence-corrected chi connectivity index (χ1v) is 10.6. The number of hydrogen-bond acceptors (Lipinski definition) is 6. The molecule has 0 amide bonds. The standard InChI is InChI=1S/C23H31NO5/c1-13(25)28-16-4-5-17-18-8-9-23(3)21(6-7-22(23)29-14(2)26)20(18)10-15(12-27-24)19(17)11-16/h4-5,11,15,18,20-22H,6-10,12,24H2,1-3H3/t15-,18-,20+,21+,22?,23-/m0/s1. The molecule has 1 aromatic carbocycles. The summed E-state index contributed by atoms with van der Waals surface area (Å²) in [5.74, 6) is 7.22. The van der Waals surface area contributed by atoms with Crippen molar-refractivity contribution in [2.24, 2.45) is 23.1 Å². The SMILES string of the molecule is CC(=O)Oc1ccc2c(c1)[C@H](CON)C[C@H]1[C@H]3CCC(OC(C)=O)[C@@]3(C)CC[C@@H]21. The van der Waals surface area contributed by atoms with Crippen LogP contribution >= 0.6 is 0 Å². The van der Waals surface area contributed by atoms with Gasteiger partial charge in [0.25, 0.3) is 0 Å². The molecule has 2 fully saturated rings. The van der Waals surface area contributed by atoms with Crippen molar-refractivity contribution in [1.82, 2.24) is 0 Å². The molecule has 4 rings (SSSR count). The fourth-order valence-electron chi connectivity index (χ4n) is 6.55. The molecule has 2 N–H and O–H groups in total. The Bertz CT molecular complexity index is 808. The van der Waals surface area contributed by atoms with E-state index in [0.29, 0.717) is 30.1 Å². The van der Waals surface area contributed by atoms with Crippen LogP contribution in [0.1, 0.15) is 75.8 Å². The van der Waals surface area contributed by atoms with Crippen molar-refractivity contribution < 1.29 is 23.9 Å². The molecule has 2 saturated carbocycles. The first-order chi connectivity index (χ1) is 13.8. The minimum absolute atomic E-state index is 0.0166. The third-order valence-electron chi connectivity index (χ3n) is 7.67. The normalized spacial score (nSPS) is 35.2. The van der Waals surface area contributed by atoms with Crippen LogP contribution < -0.4 is 10.6 Å². The third-order valence-corrected chi connectivity index (χ3v) is 7.67. The van der Waals surface area contributed by atoms with Gasteiger partial charge in [0.1, 0.15) is 11.9 Å². The summed E-state index contributed by atoms with van der Waals surface area (Å²) in [4.78, 5) is 28.1. The molecule has 0 bridgehead atoms. The molecule has 6 atom stereocenters. The van der Waals surface area contributed by atoms with Gasteiger partial charge in [-0.25, -0.2) is 5.90 Å². The quantitative estimate of drug-likeness (QED) is 0.469. The maximum Gasteiger partial charge on any atom is 0.308 e. The van der Waals surface area contributed by atoms with E-state index in [1.54, 1.807) is 0 Å². The van der Waals surface area contributed by atoms with Crippen molar-refractivity contribution in [1.29, 1.82) is 0 Å². The number of fused-ring (bicyclic) bond motifs is 5. The Balaban J connectivity index is 1.66. The second kappa shape index (κ2) is 7.73. The fraction of sp³-hybridized carbons (Fsp3) is 0.652. The predicted molar refractivity (Wildman–Crippen MR) is 107 cm³/mol. The second-order valence-corrected chi connectivity index (χ2v) is 9.25. The van der Waals surface area contributed by atoms with E-state index in [1.807, 2.05) is 12.1 Å². The van der Waals surface area contributed by atoms with Gasteiger partial charge in [0.05, 0.1) is 6.61 Å². The lowest BCUT2D eigenvalue weighted by molar-refractivity contribution is -0.154. The molecule has 0 radical (unpaired) electrons. The molecule has 158 valence electrons. The van der Waals surface area contributed by atoms with Crippen molar-refractivity contribution in [2.75, 3.05) is 6.61 Å². The molecule has 6 heteroatoms. The van der Waals surface area contributed by atoms with Crippen LogP contribution in [0.25, 0.3) is 0 Å². The minimum Gasteiger partial charge on any atom is -0.462 e. The molecule has 0 saturated heterocycles. The molecule has 0 spiro atoms. The van der Waals surface area contributed by atoms with E-state index in [4.69, 9.17) is 20.2 Å². The molecule has 3 aliphatic rings. The molecule has 1 aromatic rings. The van der Waals surface area contributed by atoms with Gasteiger partial charge in [-0.05, 0) is 73.1 Å². The van der Waals surface area contributed by atoms with E-state index < -0.39 is 0 Å². The Morgan fingerprint density at radius 2 is 1.93 bits per heavy atom. The maximum absolute atomic E-state index is 11.6. The lowest BCUT2D eigenvalue weighted by Gasteiger charge is -2.51. The summed E-state index contributed by atoms with van der Waals surface area (Å²) in [6.07, 6.45) is 5.17. The van der Waals surface area contributed by atoms with Gasteiger partial charge in [0, 0.05) is 25.2 Å². The highest BCUT2D eigenvalue weighted by Crippen LogP contribution is 2.63. The van der Waals surface area contributed by atoms with E-state index in [0.717, 1.165) is 32.1 Å². The molecule has 0 heterocycles. The van der Waals surface area contributed by atoms with E-state index >= 15 is 0 Å². The Labute approximate surface area is 172 Å². The summed E-state index contributed by atoms with van der Waals surface area (Å²) in [7, 11) is 0. The average Bonchev–Trinajstić information content (AvgIpc) is 2.98. The molecule has 1 unspecified atom stereocenters. The van der Waals surface area contributed by atoms with Gasteiger partial charge in [0.15, 0.2) is 0 Å². The van der Waals surface area contributed by atoms with Crippen molar-refractivity contribution in [2.45, 2.75) is 70.8 Å². The molecule has 0 aliphatic heterocycles. The number of rotatable bonds is 4. The van der Waals surface area contributed by atoms with Crippen molar-refractivity contribution in [3.8, 4) is 5.75 Å². The number of ether oxygens (including phenoxy) is 2. The van der Waals surface area contributed by atoms with Crippen LogP contribution in [-0.2, 0) is 19.2 Å². The lowest BCUT2D eigenvalue weighted by atomic mass is 9.54. The highest BCUT2D eigenvalue weighted by Gasteiger charge is 2.57. The first kappa shape index (κ1) is 20.4. The van der Waals surface area contributed by atoms with Gasteiger partial charge < -0.3 is 14.3 Å². The minimum atomic E-state index is -0.318. The number of carbonyl (C=O) groups excluding carboxylic acids is 2. The highest BCUT2D eigenvalue weighted by atomic mass is 16.6. The Morgan fingerprint density at radius 1 is 1.14 bits per heavy atom. The van der Waals surface area contributed by atoms with Gasteiger partial charge in [-0.3, -0.25) is 9.59 Å². The van der Waals surface area contributed by atoms with Crippen LogP contribution in [0.2, 0.25) is 0 Å². The molecule has 29 heavy (non-hydrogen) atoms. The zero-order valence-corrected chi connectivity index (χ0v) is 17.5. The Kier molecular flexibility index (Phi) is 5.42. The average molecular weight is 402 g/mol. The summed E-state index contributed by atoms with van der Waals surface area (Å²) in [6.45, 7) is 5.67. The van der Waals surface area contributed by atoms with E-state index in [9.17, 15) is 9.59 Å². The molecule has 6 nitrogen and oxygen atoms in total. The van der Waals surface area contributed by atoms with Gasteiger partial charge in [-0.15, -0.1) is 0 Å². The largest absolute Gasteiger partial charge is 0.462 e. The van der Waals surface area contributed by atoms with Gasteiger partial charge in [-0.1, -0.05) is 13.0 Å². The molecule has 3 aliphatic carbocycles. The van der Waals surface area contributed by atoms with Crippen LogP contribution in [0.5, 0.6) is 5.75 Å². The summed E-state index contributed by atoms with van der Waals surface area (Å²) in [5, 5.41) is 0. The molecular formula is C23H31NO5. The van der Waals surface area contributed by atoms with Crippen LogP contribution in [0.4, 0.5) is 0 Å². The van der Waals surface area contributed by atoms with Crippen molar-refractivity contribution in [3.05, 3.63) is 29.3 Å². The van der Waals surface area contributed by atoms with E-state index in [-0.39, 0.29) is 29.4 Å². The van der Waals surface area contributed by atoms with Crippen molar-refractivity contribution in [3.63, 3.8) is 0 Å². The monoisotopic (exact) mass is 401 g/mol. The van der Waals surface area contributed by atoms with E-state index in [2.05, 4.69) is 13.0 Å². The van der Waals surface area contributed by atoms with Crippen LogP contribution in [0.15, 0.2) is 18.2 Å². The first-order valence-electron chi connectivity index (χ1n) is 10.6. The fourth-order valence-corrected chi connectivity index (χ4v) is 6.55. The molecule has 0 aromatic heterocycles. The Hall–Kier alpha value is -1.92. The van der Waals surface area contributed by atoms with Gasteiger partial charge >= 0.3 is 11.9 Å².